The molecular weight excluding hydrogens is 328 g/mol. The van der Waals surface area contributed by atoms with Crippen LogP contribution in [0.15, 0.2) is 23.3 Å². The molecule has 2 saturated carbocycles. The molecule has 0 unspecified atom stereocenters. The molecule has 0 spiro atoms. The minimum atomic E-state index is -0.171. The first-order valence-electron chi connectivity index (χ1n) is 9.02. The number of aliphatic hydroxyl groups excluding tert-OH is 1. The lowest BCUT2D eigenvalue weighted by Crippen LogP contribution is -2.39. The van der Waals surface area contributed by atoms with E-state index in [4.69, 9.17) is 9.84 Å². The van der Waals surface area contributed by atoms with Gasteiger partial charge in [0, 0.05) is 6.42 Å². The van der Waals surface area contributed by atoms with Crippen molar-refractivity contribution in [3.05, 3.63) is 23.3 Å². The van der Waals surface area contributed by atoms with E-state index in [9.17, 15) is 4.79 Å². The molecule has 5 heteroatoms. The third-order valence-corrected chi connectivity index (χ3v) is 4.76. The summed E-state index contributed by atoms with van der Waals surface area (Å²) in [5.41, 5.74) is 2.87. The largest absolute Gasteiger partial charge is 0.394 e. The number of hydrogen-bond acceptors (Lipinski definition) is 4. The molecule has 2 atom stereocenters. The van der Waals surface area contributed by atoms with Crippen LogP contribution in [-0.4, -0.2) is 54.0 Å². The summed E-state index contributed by atoms with van der Waals surface area (Å²) >= 11 is 0. The second kappa shape index (κ2) is 10.9. The zero-order valence-electron chi connectivity index (χ0n) is 15.5. The monoisotopic (exact) mass is 368 g/mol. The average molecular weight is 369 g/mol. The Morgan fingerprint density at radius 3 is 2.27 bits per heavy atom. The predicted octanol–water partition coefficient (Wildman–Crippen LogP) is 3.64. The Balaban J connectivity index is 0.000000446. The Bertz CT molecular complexity index is 499. The number of hydrogen-bond donors (Lipinski definition) is 2. The van der Waals surface area contributed by atoms with Gasteiger partial charge in [0.25, 0.3) is 0 Å². The average Bonchev–Trinajstić information content (AvgIpc) is 3.45. The topological polar surface area (TPSA) is 61.8 Å². The van der Waals surface area contributed by atoms with Gasteiger partial charge in [-0.3, -0.25) is 9.69 Å². The van der Waals surface area contributed by atoms with Crippen LogP contribution in [0.2, 0.25) is 0 Å². The van der Waals surface area contributed by atoms with Gasteiger partial charge in [-0.05, 0) is 46.6 Å². The van der Waals surface area contributed by atoms with E-state index in [-0.39, 0.29) is 39.1 Å². The maximum absolute atomic E-state index is 10.9. The molecule has 3 aliphatic rings. The van der Waals surface area contributed by atoms with Crippen molar-refractivity contribution in [3.8, 4) is 0 Å². The number of rotatable bonds is 5. The minimum Gasteiger partial charge on any atom is -0.394 e. The van der Waals surface area contributed by atoms with Gasteiger partial charge in [-0.1, -0.05) is 45.1 Å². The summed E-state index contributed by atoms with van der Waals surface area (Å²) in [5.74, 6) is -0.00782. The van der Waals surface area contributed by atoms with Crippen molar-refractivity contribution in [2.24, 2.45) is 0 Å². The first-order chi connectivity index (χ1) is 11.4. The minimum absolute atomic E-state index is 0. The van der Waals surface area contributed by atoms with Crippen LogP contribution < -0.4 is 5.32 Å². The van der Waals surface area contributed by atoms with Crippen LogP contribution in [0, 0.1) is 0 Å². The molecule has 0 aromatic heterocycles. The number of ether oxygens (including phenoxy) is 1. The Morgan fingerprint density at radius 1 is 1.31 bits per heavy atom. The van der Waals surface area contributed by atoms with Crippen molar-refractivity contribution in [1.29, 1.82) is 0 Å². The molecule has 152 valence electrons. The smallest absolute Gasteiger partial charge is 0.220 e. The number of amides is 1. The van der Waals surface area contributed by atoms with Crippen molar-refractivity contribution in [2.75, 3.05) is 20.3 Å². The van der Waals surface area contributed by atoms with Crippen LogP contribution >= 0.6 is 0 Å². The van der Waals surface area contributed by atoms with Gasteiger partial charge in [-0.2, -0.15) is 0 Å². The highest BCUT2D eigenvalue weighted by Crippen LogP contribution is 2.32. The molecule has 0 aromatic rings. The molecular formula is C21H40N2O3. The summed E-state index contributed by atoms with van der Waals surface area (Å²) in [6.07, 6.45) is 9.66. The van der Waals surface area contributed by atoms with Crippen LogP contribution in [0.4, 0.5) is 0 Å². The lowest BCUT2D eigenvalue weighted by molar-refractivity contribution is -0.121. The lowest BCUT2D eigenvalue weighted by atomic mass is 10.2. The molecule has 0 radical (unpaired) electrons. The maximum Gasteiger partial charge on any atom is 0.220 e. The summed E-state index contributed by atoms with van der Waals surface area (Å²) < 4.78 is 5.68. The molecule has 1 aliphatic heterocycles. The molecule has 3 fully saturated rings. The predicted molar refractivity (Wildman–Crippen MR) is 109 cm³/mol. The van der Waals surface area contributed by atoms with Gasteiger partial charge in [-0.15, -0.1) is 0 Å². The Kier molecular flexibility index (Phi) is 10.4. The van der Waals surface area contributed by atoms with Crippen LogP contribution in [0.5, 0.6) is 0 Å². The molecule has 5 nitrogen and oxygen atoms in total. The maximum atomic E-state index is 10.9. The van der Waals surface area contributed by atoms with Crippen LogP contribution in [0.1, 0.15) is 67.7 Å². The van der Waals surface area contributed by atoms with E-state index in [1.54, 1.807) is 12.5 Å². The molecule has 2 N–H and O–H groups in total. The molecule has 2 aliphatic carbocycles. The van der Waals surface area contributed by atoms with E-state index in [1.165, 1.54) is 18.4 Å². The molecule has 0 aromatic carbocycles. The number of allylic oxidation sites excluding steroid dienone is 2. The number of carbonyl (C=O) groups excluding carboxylic acids is 1. The van der Waals surface area contributed by atoms with Gasteiger partial charge < -0.3 is 15.2 Å². The third-order valence-electron chi connectivity index (χ3n) is 4.76. The summed E-state index contributed by atoms with van der Waals surface area (Å²) in [7, 11) is 2.14. The summed E-state index contributed by atoms with van der Waals surface area (Å²) in [5, 5.41) is 11.6. The lowest BCUT2D eigenvalue weighted by Gasteiger charge is -2.28. The van der Waals surface area contributed by atoms with Gasteiger partial charge in [-0.25, -0.2) is 0 Å². The molecule has 1 heterocycles. The SMILES string of the molecule is C.C.CCC(=O)N[C@@H](C=C1CC1)CO.CN1[C@@H](C=C2CC2)COC1(C)C. The first-order valence-corrected chi connectivity index (χ1v) is 9.02. The second-order valence-corrected chi connectivity index (χ2v) is 7.30. The molecule has 26 heavy (non-hydrogen) atoms. The second-order valence-electron chi connectivity index (χ2n) is 7.30. The number of aliphatic hydroxyl groups is 1. The quantitative estimate of drug-likeness (QED) is 0.727. The fraction of sp³-hybridized carbons (Fsp3) is 0.762. The van der Waals surface area contributed by atoms with E-state index in [1.807, 2.05) is 6.08 Å². The Hall–Kier alpha value is -1.17. The highest BCUT2D eigenvalue weighted by atomic mass is 16.5. The number of nitrogens with zero attached hydrogens (tertiary/aromatic N) is 1. The molecule has 1 amide bonds. The van der Waals surface area contributed by atoms with E-state index in [0.29, 0.717) is 12.5 Å². The fourth-order valence-electron chi connectivity index (χ4n) is 2.55. The van der Waals surface area contributed by atoms with Crippen molar-refractivity contribution >= 4 is 5.91 Å². The van der Waals surface area contributed by atoms with E-state index >= 15 is 0 Å². The number of nitrogens with one attached hydrogen (secondary N) is 1. The highest BCUT2D eigenvalue weighted by Gasteiger charge is 2.37. The highest BCUT2D eigenvalue weighted by molar-refractivity contribution is 5.76. The summed E-state index contributed by atoms with van der Waals surface area (Å²) in [4.78, 5) is 13.2. The summed E-state index contributed by atoms with van der Waals surface area (Å²) in [6, 6.07) is 0.340. The standard InChI is InChI=1S/C10H17NO.C9H15NO2.2CH4/c1-10(2)11(3)9(7-12-10)6-8-4-5-8;1-2-9(12)10-8(6-11)5-7-3-4-7;;/h6,9H,4-5,7H2,1-3H3;5,8,11H,2-4,6H2,1H3,(H,10,12);2*1H4/t9-;8-;;/m00../s1. The number of carbonyl (C=O) groups is 1. The summed E-state index contributed by atoms with van der Waals surface area (Å²) in [6.45, 7) is 6.90. The Morgan fingerprint density at radius 2 is 1.88 bits per heavy atom. The molecule has 3 rings (SSSR count). The van der Waals surface area contributed by atoms with Gasteiger partial charge in [0.1, 0.15) is 5.72 Å². The van der Waals surface area contributed by atoms with Crippen molar-refractivity contribution < 1.29 is 14.6 Å². The van der Waals surface area contributed by atoms with Gasteiger partial charge >= 0.3 is 0 Å². The molecule has 1 saturated heterocycles. The van der Waals surface area contributed by atoms with Gasteiger partial charge in [0.05, 0.1) is 25.3 Å². The van der Waals surface area contributed by atoms with Crippen molar-refractivity contribution in [3.63, 3.8) is 0 Å². The van der Waals surface area contributed by atoms with Crippen molar-refractivity contribution in [1.82, 2.24) is 10.2 Å². The fourth-order valence-corrected chi connectivity index (χ4v) is 2.55. The zero-order chi connectivity index (χ0) is 17.7. The van der Waals surface area contributed by atoms with E-state index in [2.05, 4.69) is 37.2 Å². The van der Waals surface area contributed by atoms with Gasteiger partial charge in [0.2, 0.25) is 5.91 Å². The molecule has 0 bridgehead atoms. The third kappa shape index (κ3) is 8.02. The van der Waals surface area contributed by atoms with E-state index in [0.717, 1.165) is 19.4 Å². The van der Waals surface area contributed by atoms with Crippen LogP contribution in [0.3, 0.4) is 0 Å². The number of likely N-dealkylation sites (N-methyl/N-ethyl adjacent to an activating group) is 1. The van der Waals surface area contributed by atoms with Crippen LogP contribution in [-0.2, 0) is 9.53 Å². The Labute approximate surface area is 160 Å². The van der Waals surface area contributed by atoms with E-state index < -0.39 is 0 Å². The van der Waals surface area contributed by atoms with Gasteiger partial charge in [0.15, 0.2) is 0 Å². The first kappa shape index (κ1) is 24.8. The van der Waals surface area contributed by atoms with Crippen LogP contribution in [0.25, 0.3) is 0 Å². The zero-order valence-corrected chi connectivity index (χ0v) is 15.5. The normalized spacial score (nSPS) is 23.5. The van der Waals surface area contributed by atoms with Crippen molar-refractivity contribution in [2.45, 2.75) is 85.5 Å².